The van der Waals surface area contributed by atoms with E-state index in [9.17, 15) is 22.4 Å². The molecule has 1 unspecified atom stereocenters. The number of aryl methyl sites for hydroxylation is 1. The van der Waals surface area contributed by atoms with Gasteiger partial charge in [0.2, 0.25) is 21.8 Å². The molecule has 0 bridgehead atoms. The summed E-state index contributed by atoms with van der Waals surface area (Å²) in [5, 5.41) is 0. The molecule has 176 valence electrons. The van der Waals surface area contributed by atoms with E-state index in [-0.39, 0.29) is 35.4 Å². The molecular weight excluding hydrogens is 445 g/mol. The van der Waals surface area contributed by atoms with E-state index >= 15 is 0 Å². The molecule has 2 aromatic carbocycles. The molecule has 0 aromatic heterocycles. The number of carbonyl (C=O) groups is 2. The SMILES string of the molecule is CCN(CC)S(=O)(=O)c1ccc2c(c1)CCCN2C(=O)C1CC(=O)N(c2ccccc2F)C1. The molecule has 2 aliphatic heterocycles. The van der Waals surface area contributed by atoms with Crippen LogP contribution in [0, 0.1) is 11.7 Å². The fourth-order valence-corrected chi connectivity index (χ4v) is 6.18. The minimum absolute atomic E-state index is 0.0213. The smallest absolute Gasteiger partial charge is 0.243 e. The lowest BCUT2D eigenvalue weighted by atomic mass is 9.99. The zero-order valence-corrected chi connectivity index (χ0v) is 19.6. The van der Waals surface area contributed by atoms with Crippen molar-refractivity contribution in [3.8, 4) is 0 Å². The highest BCUT2D eigenvalue weighted by atomic mass is 32.2. The summed E-state index contributed by atoms with van der Waals surface area (Å²) < 4.78 is 41.4. The number of benzene rings is 2. The largest absolute Gasteiger partial charge is 0.312 e. The van der Waals surface area contributed by atoms with Crippen LogP contribution in [-0.4, -0.2) is 50.7 Å². The van der Waals surface area contributed by atoms with E-state index < -0.39 is 21.8 Å². The van der Waals surface area contributed by atoms with Gasteiger partial charge in [-0.1, -0.05) is 26.0 Å². The van der Waals surface area contributed by atoms with Crippen LogP contribution in [0.5, 0.6) is 0 Å². The number of halogens is 1. The zero-order chi connectivity index (χ0) is 23.8. The Morgan fingerprint density at radius 2 is 1.85 bits per heavy atom. The molecule has 1 fully saturated rings. The number of rotatable bonds is 6. The number of anilines is 2. The predicted molar refractivity (Wildman–Crippen MR) is 124 cm³/mol. The summed E-state index contributed by atoms with van der Waals surface area (Å²) in [5.41, 5.74) is 1.67. The maximum Gasteiger partial charge on any atom is 0.243 e. The Kier molecular flexibility index (Phi) is 6.54. The molecule has 0 saturated carbocycles. The number of nitrogens with zero attached hydrogens (tertiary/aromatic N) is 3. The van der Waals surface area contributed by atoms with Gasteiger partial charge in [0.15, 0.2) is 0 Å². The highest BCUT2D eigenvalue weighted by molar-refractivity contribution is 7.89. The van der Waals surface area contributed by atoms with E-state index in [0.29, 0.717) is 38.2 Å². The summed E-state index contributed by atoms with van der Waals surface area (Å²) in [4.78, 5) is 29.2. The molecule has 33 heavy (non-hydrogen) atoms. The van der Waals surface area contributed by atoms with E-state index in [1.165, 1.54) is 21.3 Å². The molecule has 0 radical (unpaired) electrons. The predicted octanol–water partition coefficient (Wildman–Crippen LogP) is 3.19. The van der Waals surface area contributed by atoms with Crippen molar-refractivity contribution in [2.75, 3.05) is 36.0 Å². The number of para-hydroxylation sites is 1. The third-order valence-electron chi connectivity index (χ3n) is 6.40. The van der Waals surface area contributed by atoms with Crippen LogP contribution < -0.4 is 9.80 Å². The van der Waals surface area contributed by atoms with Gasteiger partial charge in [-0.05, 0) is 48.7 Å². The number of amides is 2. The number of fused-ring (bicyclic) bond motifs is 1. The van der Waals surface area contributed by atoms with Crippen LogP contribution in [0.15, 0.2) is 47.4 Å². The highest BCUT2D eigenvalue weighted by Gasteiger charge is 2.39. The van der Waals surface area contributed by atoms with Crippen molar-refractivity contribution in [3.05, 3.63) is 53.8 Å². The van der Waals surface area contributed by atoms with Gasteiger partial charge < -0.3 is 9.80 Å². The standard InChI is InChI=1S/C24H28FN3O4S/c1-3-26(4-2)33(31,32)19-11-12-21-17(14-19)8-7-13-27(21)24(30)18-15-23(29)28(16-18)22-10-6-5-9-20(22)25/h5-6,9-12,14,18H,3-4,7-8,13,15-16H2,1-2H3. The highest BCUT2D eigenvalue weighted by Crippen LogP contribution is 2.34. The van der Waals surface area contributed by atoms with Crippen LogP contribution in [0.3, 0.4) is 0 Å². The molecule has 0 aliphatic carbocycles. The van der Waals surface area contributed by atoms with Gasteiger partial charge in [-0.15, -0.1) is 0 Å². The molecule has 0 N–H and O–H groups in total. The molecule has 2 amide bonds. The first-order chi connectivity index (χ1) is 15.8. The van der Waals surface area contributed by atoms with Gasteiger partial charge in [0, 0.05) is 38.3 Å². The molecule has 4 rings (SSSR count). The summed E-state index contributed by atoms with van der Waals surface area (Å²) in [6.45, 7) is 4.99. The van der Waals surface area contributed by atoms with Gasteiger partial charge in [-0.25, -0.2) is 12.8 Å². The summed E-state index contributed by atoms with van der Waals surface area (Å²) in [6.07, 6.45) is 1.39. The third kappa shape index (κ3) is 4.27. The first-order valence-electron chi connectivity index (χ1n) is 11.3. The molecular formula is C24H28FN3O4S. The Bertz CT molecular complexity index is 1180. The van der Waals surface area contributed by atoms with Gasteiger partial charge in [0.05, 0.1) is 16.5 Å². The van der Waals surface area contributed by atoms with Crippen molar-refractivity contribution < 1.29 is 22.4 Å². The zero-order valence-electron chi connectivity index (χ0n) is 18.8. The van der Waals surface area contributed by atoms with E-state index in [0.717, 1.165) is 5.56 Å². The Balaban J connectivity index is 1.58. The minimum atomic E-state index is -3.59. The first-order valence-corrected chi connectivity index (χ1v) is 12.7. The molecule has 0 spiro atoms. The van der Waals surface area contributed by atoms with Crippen LogP contribution in [0.1, 0.15) is 32.3 Å². The minimum Gasteiger partial charge on any atom is -0.312 e. The van der Waals surface area contributed by atoms with Crippen molar-refractivity contribution in [3.63, 3.8) is 0 Å². The Morgan fingerprint density at radius 3 is 2.55 bits per heavy atom. The van der Waals surface area contributed by atoms with E-state index in [1.807, 2.05) is 0 Å². The Hall–Kier alpha value is -2.78. The van der Waals surface area contributed by atoms with Crippen LogP contribution in [0.2, 0.25) is 0 Å². The Morgan fingerprint density at radius 1 is 1.12 bits per heavy atom. The maximum atomic E-state index is 14.2. The Labute approximate surface area is 193 Å². The van der Waals surface area contributed by atoms with Gasteiger partial charge in [-0.3, -0.25) is 9.59 Å². The fraction of sp³-hybridized carbons (Fsp3) is 0.417. The lowest BCUT2D eigenvalue weighted by Crippen LogP contribution is -2.40. The summed E-state index contributed by atoms with van der Waals surface area (Å²) in [6, 6.07) is 10.9. The van der Waals surface area contributed by atoms with Crippen molar-refractivity contribution in [2.45, 2.75) is 38.0 Å². The van der Waals surface area contributed by atoms with E-state index in [2.05, 4.69) is 0 Å². The topological polar surface area (TPSA) is 78.0 Å². The van der Waals surface area contributed by atoms with Crippen molar-refractivity contribution in [2.24, 2.45) is 5.92 Å². The second kappa shape index (κ2) is 9.23. The number of sulfonamides is 1. The molecule has 2 aliphatic rings. The van der Waals surface area contributed by atoms with Gasteiger partial charge in [-0.2, -0.15) is 4.31 Å². The van der Waals surface area contributed by atoms with Crippen molar-refractivity contribution >= 4 is 33.2 Å². The molecule has 1 atom stereocenters. The fourth-order valence-electron chi connectivity index (χ4n) is 4.67. The van der Waals surface area contributed by atoms with Crippen LogP contribution >= 0.6 is 0 Å². The van der Waals surface area contributed by atoms with Crippen LogP contribution in [0.25, 0.3) is 0 Å². The normalized spacial score (nSPS) is 18.7. The maximum absolute atomic E-state index is 14.2. The summed E-state index contributed by atoms with van der Waals surface area (Å²) in [5.74, 6) is -1.55. The van der Waals surface area contributed by atoms with Gasteiger partial charge in [0.25, 0.3) is 0 Å². The monoisotopic (exact) mass is 473 g/mol. The molecule has 9 heteroatoms. The average molecular weight is 474 g/mol. The third-order valence-corrected chi connectivity index (χ3v) is 8.44. The lowest BCUT2D eigenvalue weighted by Gasteiger charge is -2.32. The molecule has 7 nitrogen and oxygen atoms in total. The second-order valence-corrected chi connectivity index (χ2v) is 10.3. The lowest BCUT2D eigenvalue weighted by molar-refractivity contribution is -0.124. The van der Waals surface area contributed by atoms with Gasteiger partial charge in [0.1, 0.15) is 5.82 Å². The number of hydrogen-bond acceptors (Lipinski definition) is 4. The second-order valence-electron chi connectivity index (χ2n) is 8.33. The van der Waals surface area contributed by atoms with Crippen LogP contribution in [0.4, 0.5) is 15.8 Å². The molecule has 2 heterocycles. The van der Waals surface area contributed by atoms with Gasteiger partial charge >= 0.3 is 0 Å². The summed E-state index contributed by atoms with van der Waals surface area (Å²) >= 11 is 0. The van der Waals surface area contributed by atoms with Crippen LogP contribution in [-0.2, 0) is 26.0 Å². The molecule has 1 saturated heterocycles. The number of carbonyl (C=O) groups excluding carboxylic acids is 2. The summed E-state index contributed by atoms with van der Waals surface area (Å²) in [7, 11) is -3.59. The number of hydrogen-bond donors (Lipinski definition) is 0. The average Bonchev–Trinajstić information content (AvgIpc) is 3.20. The quantitative estimate of drug-likeness (QED) is 0.646. The van der Waals surface area contributed by atoms with E-state index in [4.69, 9.17) is 0 Å². The van der Waals surface area contributed by atoms with Crippen molar-refractivity contribution in [1.29, 1.82) is 0 Å². The molecule has 2 aromatic rings. The first kappa shape index (κ1) is 23.4. The van der Waals surface area contributed by atoms with E-state index in [1.54, 1.807) is 49.1 Å². The van der Waals surface area contributed by atoms with Crippen molar-refractivity contribution in [1.82, 2.24) is 4.31 Å².